The Labute approximate surface area is 75.9 Å². The van der Waals surface area contributed by atoms with Gasteiger partial charge in [-0.05, 0) is 23.8 Å². The topological polar surface area (TPSA) is 74.6 Å². The Hall–Kier alpha value is -1.33. The molecular formula is C8H8O4S. The molecule has 0 saturated carbocycles. The van der Waals surface area contributed by atoms with E-state index in [1.807, 2.05) is 0 Å². The Morgan fingerprint density at radius 3 is 2.54 bits per heavy atom. The summed E-state index contributed by atoms with van der Waals surface area (Å²) < 4.78 is 29.0. The van der Waals surface area contributed by atoms with E-state index in [1.165, 1.54) is 18.2 Å². The van der Waals surface area contributed by atoms with E-state index in [2.05, 4.69) is 0 Å². The fourth-order valence-electron chi connectivity index (χ4n) is 0.793. The first-order valence-corrected chi connectivity index (χ1v) is 4.92. The van der Waals surface area contributed by atoms with Gasteiger partial charge in [0.25, 0.3) is 10.1 Å². The van der Waals surface area contributed by atoms with Crippen LogP contribution in [0.4, 0.5) is 0 Å². The van der Waals surface area contributed by atoms with E-state index < -0.39 is 10.1 Å². The SMILES string of the molecule is O=S(=O)(O)/C=C/c1cccc(O)c1. The van der Waals surface area contributed by atoms with Crippen LogP contribution in [-0.2, 0) is 10.1 Å². The molecule has 4 nitrogen and oxygen atoms in total. The number of hydrogen-bond donors (Lipinski definition) is 2. The highest BCUT2D eigenvalue weighted by Crippen LogP contribution is 2.12. The van der Waals surface area contributed by atoms with Crippen LogP contribution in [0.3, 0.4) is 0 Å². The zero-order valence-electron chi connectivity index (χ0n) is 6.58. The quantitative estimate of drug-likeness (QED) is 0.704. The molecule has 2 N–H and O–H groups in total. The molecule has 0 unspecified atom stereocenters. The Morgan fingerprint density at radius 1 is 1.31 bits per heavy atom. The maximum atomic E-state index is 10.3. The molecule has 0 aromatic heterocycles. The van der Waals surface area contributed by atoms with Gasteiger partial charge in [-0.1, -0.05) is 12.1 Å². The molecule has 0 bridgehead atoms. The molecule has 0 aliphatic heterocycles. The molecule has 0 fully saturated rings. The van der Waals surface area contributed by atoms with Crippen molar-refractivity contribution in [2.24, 2.45) is 0 Å². The van der Waals surface area contributed by atoms with Crippen LogP contribution in [0.1, 0.15) is 5.56 Å². The van der Waals surface area contributed by atoms with Gasteiger partial charge in [0.1, 0.15) is 5.75 Å². The van der Waals surface area contributed by atoms with Crippen molar-refractivity contribution in [3.8, 4) is 5.75 Å². The minimum atomic E-state index is -4.10. The number of phenols is 1. The summed E-state index contributed by atoms with van der Waals surface area (Å²) in [6.45, 7) is 0. The van der Waals surface area contributed by atoms with Gasteiger partial charge in [0.15, 0.2) is 0 Å². The lowest BCUT2D eigenvalue weighted by Gasteiger charge is -1.93. The molecule has 13 heavy (non-hydrogen) atoms. The average Bonchev–Trinajstić information content (AvgIpc) is 2.00. The second kappa shape index (κ2) is 3.59. The monoisotopic (exact) mass is 200 g/mol. The van der Waals surface area contributed by atoms with Crippen LogP contribution in [0.2, 0.25) is 0 Å². The highest BCUT2D eigenvalue weighted by atomic mass is 32.2. The van der Waals surface area contributed by atoms with Gasteiger partial charge in [-0.2, -0.15) is 8.42 Å². The minimum absolute atomic E-state index is 0.0393. The van der Waals surface area contributed by atoms with Gasteiger partial charge >= 0.3 is 0 Å². The zero-order valence-corrected chi connectivity index (χ0v) is 7.40. The van der Waals surface area contributed by atoms with Crippen LogP contribution in [0.5, 0.6) is 5.75 Å². The average molecular weight is 200 g/mol. The largest absolute Gasteiger partial charge is 0.508 e. The van der Waals surface area contributed by atoms with Gasteiger partial charge in [0.2, 0.25) is 0 Å². The lowest BCUT2D eigenvalue weighted by Crippen LogP contribution is -1.88. The van der Waals surface area contributed by atoms with Gasteiger partial charge in [0.05, 0.1) is 5.41 Å². The van der Waals surface area contributed by atoms with Gasteiger partial charge in [0, 0.05) is 0 Å². The van der Waals surface area contributed by atoms with Crippen molar-refractivity contribution >= 4 is 16.2 Å². The molecule has 0 saturated heterocycles. The molecule has 5 heteroatoms. The highest BCUT2D eigenvalue weighted by molar-refractivity contribution is 7.88. The van der Waals surface area contributed by atoms with Crippen molar-refractivity contribution in [1.29, 1.82) is 0 Å². The fourth-order valence-corrected chi connectivity index (χ4v) is 1.12. The molecule has 0 amide bonds. The summed E-state index contributed by atoms with van der Waals surface area (Å²) in [5.74, 6) is 0.0393. The molecule has 1 aromatic rings. The van der Waals surface area contributed by atoms with Crippen molar-refractivity contribution in [2.75, 3.05) is 0 Å². The van der Waals surface area contributed by atoms with Crippen molar-refractivity contribution in [3.05, 3.63) is 35.2 Å². The van der Waals surface area contributed by atoms with Crippen molar-refractivity contribution in [1.82, 2.24) is 0 Å². The fraction of sp³-hybridized carbons (Fsp3) is 0. The van der Waals surface area contributed by atoms with Crippen LogP contribution in [0.15, 0.2) is 29.7 Å². The molecule has 0 aliphatic rings. The van der Waals surface area contributed by atoms with Gasteiger partial charge < -0.3 is 5.11 Å². The van der Waals surface area contributed by atoms with E-state index in [0.717, 1.165) is 0 Å². The second-order valence-corrected chi connectivity index (χ2v) is 3.71. The second-order valence-electron chi connectivity index (χ2n) is 2.41. The zero-order chi connectivity index (χ0) is 9.90. The normalized spacial score (nSPS) is 12.1. The van der Waals surface area contributed by atoms with E-state index in [4.69, 9.17) is 9.66 Å². The van der Waals surface area contributed by atoms with E-state index in [1.54, 1.807) is 12.1 Å². The molecule has 1 aromatic carbocycles. The van der Waals surface area contributed by atoms with Crippen LogP contribution >= 0.6 is 0 Å². The van der Waals surface area contributed by atoms with Crippen LogP contribution in [0, 0.1) is 0 Å². The standard InChI is InChI=1S/C8H8O4S/c9-8-3-1-2-7(6-8)4-5-13(10,11)12/h1-6,9H,(H,10,11,12)/b5-4+. The molecule has 0 spiro atoms. The van der Waals surface area contributed by atoms with Gasteiger partial charge in [-0.25, -0.2) is 0 Å². The van der Waals surface area contributed by atoms with E-state index in [-0.39, 0.29) is 5.75 Å². The Morgan fingerprint density at radius 2 is 2.00 bits per heavy atom. The van der Waals surface area contributed by atoms with Crippen LogP contribution in [-0.4, -0.2) is 18.1 Å². The molecule has 70 valence electrons. The van der Waals surface area contributed by atoms with Crippen LogP contribution in [0.25, 0.3) is 6.08 Å². The number of hydrogen-bond acceptors (Lipinski definition) is 3. The summed E-state index contributed by atoms with van der Waals surface area (Å²) in [5, 5.41) is 9.65. The molecule has 0 heterocycles. The highest BCUT2D eigenvalue weighted by Gasteiger charge is 1.95. The Kier molecular flexibility index (Phi) is 2.69. The van der Waals surface area contributed by atoms with Gasteiger partial charge in [-0.3, -0.25) is 4.55 Å². The first kappa shape index (κ1) is 9.76. The summed E-state index contributed by atoms with van der Waals surface area (Å²) >= 11 is 0. The first-order chi connectivity index (χ1) is 5.97. The third-order valence-corrected chi connectivity index (χ3v) is 1.78. The third kappa shape index (κ3) is 3.73. The lowest BCUT2D eigenvalue weighted by molar-refractivity contribution is 0.475. The summed E-state index contributed by atoms with van der Waals surface area (Å²) in [6, 6.07) is 6.01. The maximum absolute atomic E-state index is 10.3. The van der Waals surface area contributed by atoms with Gasteiger partial charge in [-0.15, -0.1) is 0 Å². The predicted octanol–water partition coefficient (Wildman–Crippen LogP) is 1.25. The number of aromatic hydroxyl groups is 1. The summed E-state index contributed by atoms with van der Waals surface area (Å²) in [6.07, 6.45) is 1.19. The predicted molar refractivity (Wildman–Crippen MR) is 48.7 cm³/mol. The summed E-state index contributed by atoms with van der Waals surface area (Å²) in [7, 11) is -4.10. The lowest BCUT2D eigenvalue weighted by atomic mass is 10.2. The van der Waals surface area contributed by atoms with Crippen molar-refractivity contribution in [2.45, 2.75) is 0 Å². The Bertz CT molecular complexity index is 420. The molecule has 1 rings (SSSR count). The summed E-state index contributed by atoms with van der Waals surface area (Å²) in [5.41, 5.74) is 0.498. The molecule has 0 atom stereocenters. The van der Waals surface area contributed by atoms with E-state index >= 15 is 0 Å². The molecule has 0 aliphatic carbocycles. The number of benzene rings is 1. The maximum Gasteiger partial charge on any atom is 0.287 e. The summed E-state index contributed by atoms with van der Waals surface area (Å²) in [4.78, 5) is 0. The van der Waals surface area contributed by atoms with E-state index in [9.17, 15) is 8.42 Å². The van der Waals surface area contributed by atoms with Crippen molar-refractivity contribution in [3.63, 3.8) is 0 Å². The van der Waals surface area contributed by atoms with E-state index in [0.29, 0.717) is 11.0 Å². The minimum Gasteiger partial charge on any atom is -0.508 e. The third-order valence-electron chi connectivity index (χ3n) is 1.30. The smallest absolute Gasteiger partial charge is 0.287 e. The van der Waals surface area contributed by atoms with Crippen molar-refractivity contribution < 1.29 is 18.1 Å². The number of rotatable bonds is 2. The molecule has 0 radical (unpaired) electrons. The Balaban J connectivity index is 2.93. The van der Waals surface area contributed by atoms with Crippen LogP contribution < -0.4 is 0 Å². The molecular weight excluding hydrogens is 192 g/mol. The number of phenolic OH excluding ortho intramolecular Hbond substituents is 1. The first-order valence-electron chi connectivity index (χ1n) is 3.42.